The third kappa shape index (κ3) is 3.48. The Bertz CT molecular complexity index is 681. The van der Waals surface area contributed by atoms with Crippen molar-refractivity contribution in [1.82, 2.24) is 0 Å². The van der Waals surface area contributed by atoms with Crippen LogP contribution in [-0.4, -0.2) is 19.8 Å². The molecule has 0 heterocycles. The summed E-state index contributed by atoms with van der Waals surface area (Å²) in [6.45, 7) is 0.445. The van der Waals surface area contributed by atoms with Crippen LogP contribution >= 0.6 is 0 Å². The van der Waals surface area contributed by atoms with Crippen LogP contribution in [0.15, 0.2) is 53.4 Å². The Kier molecular flexibility index (Phi) is 3.76. The van der Waals surface area contributed by atoms with Gasteiger partial charge in [-0.3, -0.25) is 0 Å². The summed E-state index contributed by atoms with van der Waals surface area (Å²) in [5.74, 6) is 0.190. The number of rotatable bonds is 4. The van der Waals surface area contributed by atoms with Gasteiger partial charge in [0.25, 0.3) is 0 Å². The van der Waals surface area contributed by atoms with Crippen molar-refractivity contribution in [3.8, 4) is 5.75 Å². The first-order valence-corrected chi connectivity index (χ1v) is 7.67. The van der Waals surface area contributed by atoms with Gasteiger partial charge < -0.3 is 10.4 Å². The standard InChI is InChI=1S/C14H15NO3S/c1-19(17,18)14-8-3-2-7-13(14)15-10-11-5-4-6-12(16)9-11/h2-9,15-16H,10H2,1H3. The monoisotopic (exact) mass is 277 g/mol. The minimum Gasteiger partial charge on any atom is -0.508 e. The highest BCUT2D eigenvalue weighted by Crippen LogP contribution is 2.21. The molecular formula is C14H15NO3S. The number of anilines is 1. The molecule has 0 aromatic heterocycles. The fourth-order valence-electron chi connectivity index (χ4n) is 1.80. The molecule has 0 spiro atoms. The SMILES string of the molecule is CS(=O)(=O)c1ccccc1NCc1cccc(O)c1. The Morgan fingerprint density at radius 1 is 1.11 bits per heavy atom. The molecule has 4 nitrogen and oxygen atoms in total. The largest absolute Gasteiger partial charge is 0.508 e. The third-order valence-electron chi connectivity index (χ3n) is 2.68. The Hall–Kier alpha value is -2.01. The molecule has 2 rings (SSSR count). The van der Waals surface area contributed by atoms with Gasteiger partial charge in [-0.15, -0.1) is 0 Å². The van der Waals surface area contributed by atoms with Crippen LogP contribution in [0, 0.1) is 0 Å². The number of para-hydroxylation sites is 1. The van der Waals surface area contributed by atoms with Gasteiger partial charge in [-0.2, -0.15) is 0 Å². The number of hydrogen-bond acceptors (Lipinski definition) is 4. The molecule has 19 heavy (non-hydrogen) atoms. The van der Waals surface area contributed by atoms with Crippen molar-refractivity contribution in [3.63, 3.8) is 0 Å². The maximum absolute atomic E-state index is 11.6. The van der Waals surface area contributed by atoms with Crippen LogP contribution < -0.4 is 5.32 Å². The van der Waals surface area contributed by atoms with E-state index in [0.29, 0.717) is 12.2 Å². The molecule has 0 atom stereocenters. The molecule has 0 bridgehead atoms. The molecule has 0 saturated carbocycles. The van der Waals surface area contributed by atoms with Crippen LogP contribution in [0.1, 0.15) is 5.56 Å². The molecule has 2 aromatic rings. The van der Waals surface area contributed by atoms with Crippen molar-refractivity contribution >= 4 is 15.5 Å². The van der Waals surface area contributed by atoms with Gasteiger partial charge in [0.15, 0.2) is 9.84 Å². The summed E-state index contributed by atoms with van der Waals surface area (Å²) in [7, 11) is -3.26. The molecule has 0 amide bonds. The average molecular weight is 277 g/mol. The number of aromatic hydroxyl groups is 1. The molecule has 0 aliphatic rings. The lowest BCUT2D eigenvalue weighted by Gasteiger charge is -2.10. The van der Waals surface area contributed by atoms with Gasteiger partial charge >= 0.3 is 0 Å². The lowest BCUT2D eigenvalue weighted by molar-refractivity contribution is 0.474. The second-order valence-electron chi connectivity index (χ2n) is 4.29. The average Bonchev–Trinajstić information content (AvgIpc) is 2.36. The normalized spacial score (nSPS) is 11.2. The second-order valence-corrected chi connectivity index (χ2v) is 6.28. The Balaban J connectivity index is 2.21. The Labute approximate surface area is 112 Å². The minimum atomic E-state index is -3.26. The Morgan fingerprint density at radius 3 is 2.53 bits per heavy atom. The molecule has 0 aliphatic carbocycles. The molecule has 0 unspecified atom stereocenters. The van der Waals surface area contributed by atoms with E-state index < -0.39 is 9.84 Å². The van der Waals surface area contributed by atoms with Crippen molar-refractivity contribution in [2.24, 2.45) is 0 Å². The highest BCUT2D eigenvalue weighted by molar-refractivity contribution is 7.90. The minimum absolute atomic E-state index is 0.190. The van der Waals surface area contributed by atoms with Crippen molar-refractivity contribution in [2.75, 3.05) is 11.6 Å². The maximum atomic E-state index is 11.6. The predicted octanol–water partition coefficient (Wildman–Crippen LogP) is 2.41. The van der Waals surface area contributed by atoms with Crippen molar-refractivity contribution in [2.45, 2.75) is 11.4 Å². The van der Waals surface area contributed by atoms with E-state index >= 15 is 0 Å². The van der Waals surface area contributed by atoms with E-state index in [-0.39, 0.29) is 10.6 Å². The van der Waals surface area contributed by atoms with E-state index in [2.05, 4.69) is 5.32 Å². The fourth-order valence-corrected chi connectivity index (χ4v) is 2.67. The van der Waals surface area contributed by atoms with E-state index in [0.717, 1.165) is 5.56 Å². The highest BCUT2D eigenvalue weighted by Gasteiger charge is 2.11. The van der Waals surface area contributed by atoms with Gasteiger partial charge in [-0.05, 0) is 29.8 Å². The summed E-state index contributed by atoms with van der Waals surface area (Å²) in [6.07, 6.45) is 1.18. The first-order chi connectivity index (χ1) is 8.97. The van der Waals surface area contributed by atoms with Gasteiger partial charge in [0.05, 0.1) is 10.6 Å². The summed E-state index contributed by atoms with van der Waals surface area (Å²) in [6, 6.07) is 13.6. The van der Waals surface area contributed by atoms with E-state index in [4.69, 9.17) is 0 Å². The number of benzene rings is 2. The van der Waals surface area contributed by atoms with E-state index in [1.165, 1.54) is 6.26 Å². The maximum Gasteiger partial charge on any atom is 0.177 e. The molecule has 0 fully saturated rings. The quantitative estimate of drug-likeness (QED) is 0.900. The molecule has 100 valence electrons. The molecule has 0 saturated heterocycles. The lowest BCUT2D eigenvalue weighted by atomic mass is 10.2. The second kappa shape index (κ2) is 5.32. The third-order valence-corrected chi connectivity index (χ3v) is 3.84. The molecular weight excluding hydrogens is 262 g/mol. The van der Waals surface area contributed by atoms with Crippen LogP contribution in [0.5, 0.6) is 5.75 Å². The molecule has 5 heteroatoms. The zero-order valence-corrected chi connectivity index (χ0v) is 11.3. The van der Waals surface area contributed by atoms with Crippen LogP contribution in [0.25, 0.3) is 0 Å². The van der Waals surface area contributed by atoms with E-state index in [9.17, 15) is 13.5 Å². The molecule has 0 aliphatic heterocycles. The fraction of sp³-hybridized carbons (Fsp3) is 0.143. The molecule has 2 aromatic carbocycles. The van der Waals surface area contributed by atoms with Gasteiger partial charge in [0, 0.05) is 12.8 Å². The lowest BCUT2D eigenvalue weighted by Crippen LogP contribution is -2.05. The summed E-state index contributed by atoms with van der Waals surface area (Å²) < 4.78 is 23.3. The van der Waals surface area contributed by atoms with Crippen molar-refractivity contribution in [3.05, 3.63) is 54.1 Å². The Morgan fingerprint density at radius 2 is 1.84 bits per heavy atom. The molecule has 2 N–H and O–H groups in total. The van der Waals surface area contributed by atoms with Gasteiger partial charge in [0.1, 0.15) is 5.75 Å². The van der Waals surface area contributed by atoms with Gasteiger partial charge in [-0.1, -0.05) is 24.3 Å². The predicted molar refractivity (Wildman–Crippen MR) is 75.0 cm³/mol. The zero-order valence-electron chi connectivity index (χ0n) is 10.5. The summed E-state index contributed by atoms with van der Waals surface area (Å²) in [4.78, 5) is 0.273. The summed E-state index contributed by atoms with van der Waals surface area (Å²) >= 11 is 0. The smallest absolute Gasteiger partial charge is 0.177 e. The van der Waals surface area contributed by atoms with E-state index in [1.807, 2.05) is 6.07 Å². The van der Waals surface area contributed by atoms with Crippen LogP contribution in [0.3, 0.4) is 0 Å². The number of phenolic OH excluding ortho intramolecular Hbond substituents is 1. The number of hydrogen-bond donors (Lipinski definition) is 2. The van der Waals surface area contributed by atoms with Crippen molar-refractivity contribution in [1.29, 1.82) is 0 Å². The molecule has 0 radical (unpaired) electrons. The van der Waals surface area contributed by atoms with Crippen LogP contribution in [-0.2, 0) is 16.4 Å². The van der Waals surface area contributed by atoms with Gasteiger partial charge in [0.2, 0.25) is 0 Å². The zero-order chi connectivity index (χ0) is 13.9. The summed E-state index contributed by atoms with van der Waals surface area (Å²) in [5.41, 5.74) is 1.44. The van der Waals surface area contributed by atoms with Gasteiger partial charge in [-0.25, -0.2) is 8.42 Å². The van der Waals surface area contributed by atoms with Crippen molar-refractivity contribution < 1.29 is 13.5 Å². The van der Waals surface area contributed by atoms with Crippen LogP contribution in [0.4, 0.5) is 5.69 Å². The number of sulfone groups is 1. The highest BCUT2D eigenvalue weighted by atomic mass is 32.2. The number of phenols is 1. The first kappa shape index (κ1) is 13.4. The number of nitrogens with one attached hydrogen (secondary N) is 1. The summed E-state index contributed by atoms with van der Waals surface area (Å²) in [5, 5.41) is 12.4. The topological polar surface area (TPSA) is 66.4 Å². The first-order valence-electron chi connectivity index (χ1n) is 5.78. The van der Waals surface area contributed by atoms with E-state index in [1.54, 1.807) is 42.5 Å². The van der Waals surface area contributed by atoms with Crippen LogP contribution in [0.2, 0.25) is 0 Å².